The average molecular weight is 226 g/mol. The van der Waals surface area contributed by atoms with Crippen LogP contribution in [0.5, 0.6) is 0 Å². The number of carbonyl (C=O) groups is 1. The first kappa shape index (κ1) is 12.2. The molecule has 0 radical (unpaired) electrons. The van der Waals surface area contributed by atoms with E-state index in [0.717, 1.165) is 0 Å². The molecule has 16 heavy (non-hydrogen) atoms. The quantitative estimate of drug-likeness (QED) is 0.581. The third-order valence-corrected chi connectivity index (χ3v) is 2.29. The smallest absolute Gasteiger partial charge is 0.257 e. The molecule has 0 bridgehead atoms. The maximum Gasteiger partial charge on any atom is 0.257 e. The molecule has 1 amide bonds. The Balaban J connectivity index is 2.93. The molecule has 0 aromatic rings. The lowest BCUT2D eigenvalue weighted by Gasteiger charge is -2.19. The number of nitrogens with zero attached hydrogens (tertiary/aromatic N) is 1. The van der Waals surface area contributed by atoms with Crippen LogP contribution in [0.4, 0.5) is 0 Å². The molecule has 0 aromatic carbocycles. The zero-order chi connectivity index (χ0) is 12.1. The van der Waals surface area contributed by atoms with E-state index in [9.17, 15) is 14.9 Å². The van der Waals surface area contributed by atoms with Crippen LogP contribution in [-0.2, 0) is 9.63 Å². The number of allylic oxidation sites excluding steroid dienone is 2. The highest BCUT2D eigenvalue weighted by atomic mass is 16.7. The molecule has 1 rings (SSSR count). The predicted octanol–water partition coefficient (Wildman–Crippen LogP) is 1.32. The third-order valence-electron chi connectivity index (χ3n) is 2.29. The fourth-order valence-electron chi connectivity index (χ4n) is 1.42. The minimum absolute atomic E-state index is 0.115. The SMILES string of the molecule is C/C=C1/ONC(=O)C/C1=C/C(CC)[N+](=O)[O-]. The summed E-state index contributed by atoms with van der Waals surface area (Å²) >= 11 is 0. The number of amides is 1. The molecule has 1 N–H and O–H groups in total. The summed E-state index contributed by atoms with van der Waals surface area (Å²) < 4.78 is 0. The van der Waals surface area contributed by atoms with Crippen molar-refractivity contribution in [3.05, 3.63) is 33.6 Å². The lowest BCUT2D eigenvalue weighted by molar-refractivity contribution is -0.509. The van der Waals surface area contributed by atoms with Gasteiger partial charge in [0.2, 0.25) is 6.04 Å². The largest absolute Gasteiger partial charge is 0.380 e. The lowest BCUT2D eigenvalue weighted by Crippen LogP contribution is -2.30. The Hall–Kier alpha value is -1.85. The highest BCUT2D eigenvalue weighted by Crippen LogP contribution is 2.20. The lowest BCUT2D eigenvalue weighted by atomic mass is 10.0. The van der Waals surface area contributed by atoms with Crippen molar-refractivity contribution in [2.75, 3.05) is 0 Å². The fourth-order valence-corrected chi connectivity index (χ4v) is 1.42. The Morgan fingerprint density at radius 2 is 2.38 bits per heavy atom. The van der Waals surface area contributed by atoms with Crippen LogP contribution in [0.1, 0.15) is 26.7 Å². The number of hydrogen-bond donors (Lipinski definition) is 1. The fraction of sp³-hybridized carbons (Fsp3) is 0.500. The Kier molecular flexibility index (Phi) is 4.04. The molecule has 0 saturated carbocycles. The molecule has 6 nitrogen and oxygen atoms in total. The zero-order valence-electron chi connectivity index (χ0n) is 9.23. The molecule has 6 heteroatoms. The average Bonchev–Trinajstić information content (AvgIpc) is 2.25. The minimum Gasteiger partial charge on any atom is -0.380 e. The van der Waals surface area contributed by atoms with Crippen LogP contribution in [-0.4, -0.2) is 16.9 Å². The molecular weight excluding hydrogens is 212 g/mol. The monoisotopic (exact) mass is 226 g/mol. The Morgan fingerprint density at radius 3 is 2.88 bits per heavy atom. The first-order valence-electron chi connectivity index (χ1n) is 5.05. The van der Waals surface area contributed by atoms with Crippen LogP contribution >= 0.6 is 0 Å². The van der Waals surface area contributed by atoms with Crippen molar-refractivity contribution in [3.63, 3.8) is 0 Å². The van der Waals surface area contributed by atoms with Gasteiger partial charge in [-0.15, -0.1) is 0 Å². The number of nitro groups is 1. The van der Waals surface area contributed by atoms with Gasteiger partial charge in [-0.25, -0.2) is 0 Å². The van der Waals surface area contributed by atoms with Gasteiger partial charge in [0.25, 0.3) is 5.91 Å². The van der Waals surface area contributed by atoms with E-state index < -0.39 is 6.04 Å². The van der Waals surface area contributed by atoms with Gasteiger partial charge in [0.15, 0.2) is 5.76 Å². The normalized spacial score (nSPS) is 22.8. The van der Waals surface area contributed by atoms with E-state index >= 15 is 0 Å². The first-order chi connectivity index (χ1) is 7.58. The molecule has 1 aliphatic heterocycles. The number of nitrogens with one attached hydrogen (secondary N) is 1. The molecule has 88 valence electrons. The van der Waals surface area contributed by atoms with Crippen LogP contribution in [0, 0.1) is 10.1 Å². The molecule has 0 spiro atoms. The summed E-state index contributed by atoms with van der Waals surface area (Å²) in [6.45, 7) is 3.47. The molecule has 1 unspecified atom stereocenters. The van der Waals surface area contributed by atoms with Crippen molar-refractivity contribution in [2.45, 2.75) is 32.7 Å². The first-order valence-corrected chi connectivity index (χ1v) is 5.05. The van der Waals surface area contributed by atoms with Crippen molar-refractivity contribution < 1.29 is 14.6 Å². The molecule has 1 aliphatic rings. The van der Waals surface area contributed by atoms with Gasteiger partial charge in [-0.1, -0.05) is 6.92 Å². The highest BCUT2D eigenvalue weighted by molar-refractivity contribution is 5.79. The molecule has 1 heterocycles. The summed E-state index contributed by atoms with van der Waals surface area (Å²) in [5, 5.41) is 10.7. The summed E-state index contributed by atoms with van der Waals surface area (Å²) in [6.07, 6.45) is 3.64. The van der Waals surface area contributed by atoms with E-state index in [1.165, 1.54) is 6.08 Å². The molecule has 1 atom stereocenters. The van der Waals surface area contributed by atoms with Crippen LogP contribution in [0.3, 0.4) is 0 Å². The number of rotatable bonds is 3. The van der Waals surface area contributed by atoms with Gasteiger partial charge in [-0.05, 0) is 19.1 Å². The number of hydroxylamine groups is 1. The van der Waals surface area contributed by atoms with Gasteiger partial charge < -0.3 is 4.84 Å². The van der Waals surface area contributed by atoms with E-state index in [0.29, 0.717) is 17.8 Å². The van der Waals surface area contributed by atoms with E-state index in [2.05, 4.69) is 5.48 Å². The second kappa shape index (κ2) is 5.29. The summed E-state index contributed by atoms with van der Waals surface area (Å²) in [5.41, 5.74) is 2.78. The second-order valence-corrected chi connectivity index (χ2v) is 3.41. The van der Waals surface area contributed by atoms with Gasteiger partial charge in [0.05, 0.1) is 6.42 Å². The maximum absolute atomic E-state index is 11.1. The van der Waals surface area contributed by atoms with Crippen LogP contribution in [0.15, 0.2) is 23.5 Å². The summed E-state index contributed by atoms with van der Waals surface area (Å²) in [7, 11) is 0. The molecule has 1 fully saturated rings. The molecular formula is C10H14N2O4. The Labute approximate surface area is 93.1 Å². The van der Waals surface area contributed by atoms with E-state index in [4.69, 9.17) is 4.84 Å². The maximum atomic E-state index is 11.1. The molecule has 0 aliphatic carbocycles. The summed E-state index contributed by atoms with van der Waals surface area (Å²) in [6, 6.07) is -0.778. The van der Waals surface area contributed by atoms with Gasteiger partial charge in [0, 0.05) is 16.9 Å². The zero-order valence-corrected chi connectivity index (χ0v) is 9.23. The van der Waals surface area contributed by atoms with E-state index in [1.807, 2.05) is 0 Å². The Morgan fingerprint density at radius 1 is 1.69 bits per heavy atom. The van der Waals surface area contributed by atoms with Crippen molar-refractivity contribution in [3.8, 4) is 0 Å². The van der Waals surface area contributed by atoms with Crippen molar-refractivity contribution in [1.29, 1.82) is 0 Å². The van der Waals surface area contributed by atoms with Gasteiger partial charge in [-0.3, -0.25) is 14.9 Å². The topological polar surface area (TPSA) is 81.5 Å². The number of carbonyl (C=O) groups excluding carboxylic acids is 1. The molecule has 1 saturated heterocycles. The van der Waals surface area contributed by atoms with Crippen LogP contribution in [0.2, 0.25) is 0 Å². The summed E-state index contributed by atoms with van der Waals surface area (Å²) in [5.74, 6) is 0.176. The van der Waals surface area contributed by atoms with Gasteiger partial charge in [0.1, 0.15) is 0 Å². The van der Waals surface area contributed by atoms with Gasteiger partial charge in [-0.2, -0.15) is 5.48 Å². The van der Waals surface area contributed by atoms with E-state index in [1.54, 1.807) is 19.9 Å². The summed E-state index contributed by atoms with van der Waals surface area (Å²) in [4.78, 5) is 26.4. The van der Waals surface area contributed by atoms with E-state index in [-0.39, 0.29) is 17.3 Å². The van der Waals surface area contributed by atoms with Crippen LogP contribution in [0.25, 0.3) is 0 Å². The van der Waals surface area contributed by atoms with Crippen molar-refractivity contribution in [1.82, 2.24) is 5.48 Å². The number of hydrogen-bond acceptors (Lipinski definition) is 4. The standard InChI is InChI=1S/C10H14N2O4/c1-3-8(12(14)15)5-7-6-10(13)11-16-9(7)4-2/h4-5,8H,3,6H2,1-2H3,(H,11,13)/b7-5-,9-4+. The Bertz CT molecular complexity index is 360. The van der Waals surface area contributed by atoms with Crippen LogP contribution < -0.4 is 5.48 Å². The minimum atomic E-state index is -0.778. The van der Waals surface area contributed by atoms with Crippen molar-refractivity contribution >= 4 is 5.91 Å². The van der Waals surface area contributed by atoms with Crippen molar-refractivity contribution in [2.24, 2.45) is 0 Å². The predicted molar refractivity (Wildman–Crippen MR) is 56.8 cm³/mol. The highest BCUT2D eigenvalue weighted by Gasteiger charge is 2.23. The molecule has 0 aromatic heterocycles. The second-order valence-electron chi connectivity index (χ2n) is 3.41. The van der Waals surface area contributed by atoms with Gasteiger partial charge >= 0.3 is 0 Å². The third kappa shape index (κ3) is 2.82.